The minimum atomic E-state index is 0.430. The number of thioether (sulfide) groups is 1. The minimum absolute atomic E-state index is 0.430. The highest BCUT2D eigenvalue weighted by Gasteiger charge is 2.35. The highest BCUT2D eigenvalue weighted by Crippen LogP contribution is 2.31. The molecule has 0 aromatic carbocycles. The molecule has 1 N–H and O–H groups in total. The maximum absolute atomic E-state index is 3.28. The Balaban J connectivity index is 2.55. The van der Waals surface area contributed by atoms with Gasteiger partial charge in [0.2, 0.25) is 0 Å². The van der Waals surface area contributed by atoms with Crippen LogP contribution in [-0.4, -0.2) is 49.6 Å². The van der Waals surface area contributed by atoms with Crippen LogP contribution in [0.25, 0.3) is 0 Å². The van der Waals surface area contributed by atoms with E-state index in [4.69, 9.17) is 0 Å². The Kier molecular flexibility index (Phi) is 3.22. The summed E-state index contributed by atoms with van der Waals surface area (Å²) in [6.45, 7) is 1.12. The van der Waals surface area contributed by atoms with Crippen LogP contribution in [0.1, 0.15) is 6.42 Å². The first-order chi connectivity index (χ1) is 5.21. The second-order valence-electron chi connectivity index (χ2n) is 3.45. The molecule has 0 aliphatic carbocycles. The molecule has 0 aromatic heterocycles. The number of likely N-dealkylation sites (N-methyl/N-ethyl adjacent to an activating group) is 2. The van der Waals surface area contributed by atoms with E-state index in [1.54, 1.807) is 0 Å². The molecule has 0 bridgehead atoms. The van der Waals surface area contributed by atoms with Gasteiger partial charge in [0.05, 0.1) is 0 Å². The highest BCUT2D eigenvalue weighted by molar-refractivity contribution is 7.99. The van der Waals surface area contributed by atoms with E-state index < -0.39 is 0 Å². The third kappa shape index (κ3) is 1.89. The van der Waals surface area contributed by atoms with Gasteiger partial charge in [0.25, 0.3) is 0 Å². The summed E-state index contributed by atoms with van der Waals surface area (Å²) in [5.41, 5.74) is 0.430. The van der Waals surface area contributed by atoms with Crippen molar-refractivity contribution in [2.75, 3.05) is 39.2 Å². The SMILES string of the molecule is CNCC1(N(C)C)CCSC1. The molecule has 0 aromatic rings. The number of hydrogen-bond acceptors (Lipinski definition) is 3. The van der Waals surface area contributed by atoms with Gasteiger partial charge in [0, 0.05) is 17.8 Å². The predicted molar refractivity (Wildman–Crippen MR) is 52.3 cm³/mol. The molecule has 2 nitrogen and oxygen atoms in total. The lowest BCUT2D eigenvalue weighted by Gasteiger charge is -2.35. The van der Waals surface area contributed by atoms with Crippen molar-refractivity contribution < 1.29 is 0 Å². The van der Waals surface area contributed by atoms with Crippen molar-refractivity contribution in [1.82, 2.24) is 10.2 Å². The Morgan fingerprint density at radius 3 is 2.64 bits per heavy atom. The van der Waals surface area contributed by atoms with Crippen LogP contribution in [0.5, 0.6) is 0 Å². The van der Waals surface area contributed by atoms with E-state index in [2.05, 4.69) is 36.1 Å². The largest absolute Gasteiger partial charge is 0.318 e. The van der Waals surface area contributed by atoms with Gasteiger partial charge in [-0.15, -0.1) is 0 Å². The first-order valence-electron chi connectivity index (χ1n) is 4.11. The molecule has 1 fully saturated rings. The van der Waals surface area contributed by atoms with E-state index in [-0.39, 0.29) is 0 Å². The number of nitrogens with one attached hydrogen (secondary N) is 1. The first-order valence-corrected chi connectivity index (χ1v) is 5.26. The van der Waals surface area contributed by atoms with Crippen LogP contribution < -0.4 is 5.32 Å². The smallest absolute Gasteiger partial charge is 0.0425 e. The fraction of sp³-hybridized carbons (Fsp3) is 1.00. The molecule has 1 heterocycles. The fourth-order valence-electron chi connectivity index (χ4n) is 1.58. The van der Waals surface area contributed by atoms with Crippen LogP contribution in [0.3, 0.4) is 0 Å². The molecule has 3 heteroatoms. The third-order valence-corrected chi connectivity index (χ3v) is 3.77. The molecular formula is C8H18N2S. The molecule has 1 unspecified atom stereocenters. The number of rotatable bonds is 3. The summed E-state index contributed by atoms with van der Waals surface area (Å²) in [6.07, 6.45) is 1.32. The van der Waals surface area contributed by atoms with Crippen LogP contribution in [0.15, 0.2) is 0 Å². The maximum atomic E-state index is 3.28. The molecule has 11 heavy (non-hydrogen) atoms. The van der Waals surface area contributed by atoms with Crippen molar-refractivity contribution in [3.63, 3.8) is 0 Å². The van der Waals surface area contributed by atoms with Gasteiger partial charge < -0.3 is 10.2 Å². The molecule has 1 aliphatic rings. The lowest BCUT2D eigenvalue weighted by Crippen LogP contribution is -2.51. The quantitative estimate of drug-likeness (QED) is 0.676. The lowest BCUT2D eigenvalue weighted by molar-refractivity contribution is 0.179. The summed E-state index contributed by atoms with van der Waals surface area (Å²) in [6, 6.07) is 0. The molecule has 1 aliphatic heterocycles. The molecule has 0 amide bonds. The van der Waals surface area contributed by atoms with E-state index in [9.17, 15) is 0 Å². The number of hydrogen-bond donors (Lipinski definition) is 1. The van der Waals surface area contributed by atoms with Crippen molar-refractivity contribution in [1.29, 1.82) is 0 Å². The van der Waals surface area contributed by atoms with Gasteiger partial charge in [-0.3, -0.25) is 0 Å². The van der Waals surface area contributed by atoms with E-state index in [1.807, 2.05) is 7.05 Å². The summed E-state index contributed by atoms with van der Waals surface area (Å²) in [5.74, 6) is 2.60. The van der Waals surface area contributed by atoms with E-state index in [1.165, 1.54) is 17.9 Å². The first kappa shape index (κ1) is 9.36. The van der Waals surface area contributed by atoms with Crippen LogP contribution >= 0.6 is 11.8 Å². The summed E-state index contributed by atoms with van der Waals surface area (Å²) in [7, 11) is 6.40. The van der Waals surface area contributed by atoms with Gasteiger partial charge in [0.1, 0.15) is 0 Å². The van der Waals surface area contributed by atoms with Crippen molar-refractivity contribution in [2.45, 2.75) is 12.0 Å². The Morgan fingerprint density at radius 2 is 2.27 bits per heavy atom. The second kappa shape index (κ2) is 3.78. The van der Waals surface area contributed by atoms with Gasteiger partial charge in [-0.1, -0.05) is 0 Å². The van der Waals surface area contributed by atoms with Crippen LogP contribution in [0.2, 0.25) is 0 Å². The summed E-state index contributed by atoms with van der Waals surface area (Å²) < 4.78 is 0. The van der Waals surface area contributed by atoms with Crippen molar-refractivity contribution in [2.24, 2.45) is 0 Å². The summed E-state index contributed by atoms with van der Waals surface area (Å²) in [5, 5.41) is 3.28. The van der Waals surface area contributed by atoms with Gasteiger partial charge in [-0.2, -0.15) is 11.8 Å². The molecule has 1 rings (SSSR count). The Bertz CT molecular complexity index is 119. The van der Waals surface area contributed by atoms with Crippen LogP contribution in [0, 0.1) is 0 Å². The standard InChI is InChI=1S/C8H18N2S/c1-9-6-8(10(2)3)4-5-11-7-8/h9H,4-7H2,1-3H3. The summed E-state index contributed by atoms with van der Waals surface area (Å²) in [4.78, 5) is 2.36. The monoisotopic (exact) mass is 174 g/mol. The van der Waals surface area contributed by atoms with Gasteiger partial charge in [0.15, 0.2) is 0 Å². The van der Waals surface area contributed by atoms with Crippen LogP contribution in [0.4, 0.5) is 0 Å². The molecule has 66 valence electrons. The normalized spacial score (nSPS) is 31.6. The molecule has 0 radical (unpaired) electrons. The molecule has 1 saturated heterocycles. The third-order valence-electron chi connectivity index (χ3n) is 2.54. The van der Waals surface area contributed by atoms with E-state index in [0.717, 1.165) is 6.54 Å². The minimum Gasteiger partial charge on any atom is -0.318 e. The maximum Gasteiger partial charge on any atom is 0.0425 e. The molecule has 0 saturated carbocycles. The Labute approximate surface area is 73.7 Å². The van der Waals surface area contributed by atoms with Gasteiger partial charge in [-0.25, -0.2) is 0 Å². The summed E-state index contributed by atoms with van der Waals surface area (Å²) >= 11 is 2.07. The Hall–Kier alpha value is 0.270. The van der Waals surface area contributed by atoms with Crippen molar-refractivity contribution >= 4 is 11.8 Å². The lowest BCUT2D eigenvalue weighted by atomic mass is 9.98. The van der Waals surface area contributed by atoms with Gasteiger partial charge in [-0.05, 0) is 33.3 Å². The van der Waals surface area contributed by atoms with E-state index >= 15 is 0 Å². The molecular weight excluding hydrogens is 156 g/mol. The van der Waals surface area contributed by atoms with E-state index in [0.29, 0.717) is 5.54 Å². The second-order valence-corrected chi connectivity index (χ2v) is 4.56. The van der Waals surface area contributed by atoms with Crippen molar-refractivity contribution in [3.05, 3.63) is 0 Å². The average Bonchev–Trinajstić information content (AvgIpc) is 2.38. The fourth-order valence-corrected chi connectivity index (χ4v) is 3.13. The topological polar surface area (TPSA) is 15.3 Å². The van der Waals surface area contributed by atoms with Crippen molar-refractivity contribution in [3.8, 4) is 0 Å². The van der Waals surface area contributed by atoms with Gasteiger partial charge >= 0.3 is 0 Å². The zero-order valence-electron chi connectivity index (χ0n) is 7.68. The molecule has 1 atom stereocenters. The zero-order valence-corrected chi connectivity index (χ0v) is 8.50. The predicted octanol–water partition coefficient (Wildman–Crippen LogP) is 0.643. The Morgan fingerprint density at radius 1 is 1.55 bits per heavy atom. The van der Waals surface area contributed by atoms with Crippen LogP contribution in [-0.2, 0) is 0 Å². The highest BCUT2D eigenvalue weighted by atomic mass is 32.2. The zero-order chi connectivity index (χ0) is 8.32. The number of nitrogens with zero attached hydrogens (tertiary/aromatic N) is 1. The molecule has 0 spiro atoms. The average molecular weight is 174 g/mol.